The van der Waals surface area contributed by atoms with Gasteiger partial charge in [-0.15, -0.1) is 0 Å². The number of aryl methyl sites for hydroxylation is 1. The van der Waals surface area contributed by atoms with Crippen molar-refractivity contribution in [2.24, 2.45) is 0 Å². The molecular formula is C18H21N3O2. The molecular weight excluding hydrogens is 290 g/mol. The number of anilines is 1. The molecule has 0 radical (unpaired) electrons. The lowest BCUT2D eigenvalue weighted by molar-refractivity contribution is 0.291. The summed E-state index contributed by atoms with van der Waals surface area (Å²) < 4.78 is 7.55. The highest BCUT2D eigenvalue weighted by Gasteiger charge is 2.32. The standard InChI is InChI=1S/C18H21N3O2/c1-13-5-7-14(8-6-13)12-23-16-10-17-20-9-3-2-4-15(20)11-21(17)18(22)19-16/h5-8,10,15H,2-4,9,11-12H2,1H3. The molecule has 1 aromatic carbocycles. The van der Waals surface area contributed by atoms with Gasteiger partial charge in [-0.1, -0.05) is 29.8 Å². The Hall–Kier alpha value is -2.30. The Bertz CT molecular complexity index is 767. The van der Waals surface area contributed by atoms with E-state index in [1.54, 1.807) is 4.57 Å². The van der Waals surface area contributed by atoms with E-state index in [0.717, 1.165) is 30.9 Å². The van der Waals surface area contributed by atoms with E-state index >= 15 is 0 Å². The normalized spacial score (nSPS) is 19.3. The van der Waals surface area contributed by atoms with E-state index in [1.807, 2.05) is 18.2 Å². The van der Waals surface area contributed by atoms with Crippen LogP contribution < -0.4 is 15.3 Å². The summed E-state index contributed by atoms with van der Waals surface area (Å²) in [5.74, 6) is 1.39. The van der Waals surface area contributed by atoms with Crippen molar-refractivity contribution in [3.8, 4) is 5.88 Å². The van der Waals surface area contributed by atoms with Gasteiger partial charge in [-0.25, -0.2) is 4.79 Å². The van der Waals surface area contributed by atoms with E-state index in [-0.39, 0.29) is 5.69 Å². The monoisotopic (exact) mass is 311 g/mol. The highest BCUT2D eigenvalue weighted by molar-refractivity contribution is 5.47. The average molecular weight is 311 g/mol. The van der Waals surface area contributed by atoms with Crippen LogP contribution >= 0.6 is 0 Å². The fourth-order valence-electron chi connectivity index (χ4n) is 3.50. The maximum atomic E-state index is 12.3. The van der Waals surface area contributed by atoms with Crippen molar-refractivity contribution >= 4 is 5.82 Å². The first-order chi connectivity index (χ1) is 11.2. The minimum Gasteiger partial charge on any atom is -0.473 e. The number of hydrogen-bond acceptors (Lipinski definition) is 4. The first-order valence-corrected chi connectivity index (χ1v) is 8.27. The van der Waals surface area contributed by atoms with Gasteiger partial charge in [0.05, 0.1) is 0 Å². The Kier molecular flexibility index (Phi) is 3.56. The molecule has 5 heteroatoms. The molecule has 23 heavy (non-hydrogen) atoms. The van der Waals surface area contributed by atoms with Crippen LogP contribution in [0.2, 0.25) is 0 Å². The second-order valence-corrected chi connectivity index (χ2v) is 6.46. The molecule has 2 aliphatic heterocycles. The quantitative estimate of drug-likeness (QED) is 0.874. The molecule has 0 N–H and O–H groups in total. The first kappa shape index (κ1) is 14.3. The van der Waals surface area contributed by atoms with Gasteiger partial charge in [0.2, 0.25) is 5.88 Å². The Labute approximate surface area is 135 Å². The highest BCUT2D eigenvalue weighted by atomic mass is 16.5. The minimum atomic E-state index is -0.198. The van der Waals surface area contributed by atoms with Crippen LogP contribution in [0.15, 0.2) is 35.1 Å². The van der Waals surface area contributed by atoms with Crippen LogP contribution in [-0.2, 0) is 13.2 Å². The summed E-state index contributed by atoms with van der Waals surface area (Å²) in [5.41, 5.74) is 2.10. The first-order valence-electron chi connectivity index (χ1n) is 8.27. The van der Waals surface area contributed by atoms with Gasteiger partial charge in [0, 0.05) is 25.2 Å². The third-order valence-corrected chi connectivity index (χ3v) is 4.79. The molecule has 4 rings (SSSR count). The molecule has 2 aromatic rings. The number of hydrogen-bond donors (Lipinski definition) is 0. The Morgan fingerprint density at radius 1 is 1.26 bits per heavy atom. The smallest absolute Gasteiger partial charge is 0.352 e. The summed E-state index contributed by atoms with van der Waals surface area (Å²) in [6, 6.07) is 10.6. The summed E-state index contributed by atoms with van der Waals surface area (Å²) in [6.07, 6.45) is 3.58. The molecule has 1 saturated heterocycles. The van der Waals surface area contributed by atoms with E-state index < -0.39 is 0 Å². The summed E-state index contributed by atoms with van der Waals surface area (Å²) >= 11 is 0. The van der Waals surface area contributed by atoms with Gasteiger partial charge in [-0.3, -0.25) is 4.57 Å². The number of aromatic nitrogens is 2. The maximum absolute atomic E-state index is 12.3. The zero-order chi connectivity index (χ0) is 15.8. The van der Waals surface area contributed by atoms with Crippen LogP contribution in [0.5, 0.6) is 5.88 Å². The van der Waals surface area contributed by atoms with Crippen molar-refractivity contribution in [2.75, 3.05) is 11.4 Å². The molecule has 0 aliphatic carbocycles. The Morgan fingerprint density at radius 3 is 2.91 bits per heavy atom. The third-order valence-electron chi connectivity index (χ3n) is 4.79. The van der Waals surface area contributed by atoms with E-state index in [0.29, 0.717) is 18.5 Å². The Balaban J connectivity index is 1.55. The predicted molar refractivity (Wildman–Crippen MR) is 89.0 cm³/mol. The lowest BCUT2D eigenvalue weighted by Gasteiger charge is -2.30. The maximum Gasteiger partial charge on any atom is 0.352 e. The van der Waals surface area contributed by atoms with Crippen molar-refractivity contribution < 1.29 is 4.74 Å². The zero-order valence-corrected chi connectivity index (χ0v) is 13.4. The molecule has 5 nitrogen and oxygen atoms in total. The van der Waals surface area contributed by atoms with Crippen LogP contribution in [0.3, 0.4) is 0 Å². The topological polar surface area (TPSA) is 47.4 Å². The molecule has 120 valence electrons. The summed E-state index contributed by atoms with van der Waals surface area (Å²) in [7, 11) is 0. The average Bonchev–Trinajstić information content (AvgIpc) is 2.94. The number of ether oxygens (including phenoxy) is 1. The van der Waals surface area contributed by atoms with Crippen LogP contribution in [0.1, 0.15) is 30.4 Å². The summed E-state index contributed by atoms with van der Waals surface area (Å²) in [4.78, 5) is 18.7. The molecule has 1 fully saturated rings. The van der Waals surface area contributed by atoms with Gasteiger partial charge in [-0.05, 0) is 31.7 Å². The fourth-order valence-corrected chi connectivity index (χ4v) is 3.50. The van der Waals surface area contributed by atoms with Gasteiger partial charge < -0.3 is 9.64 Å². The second-order valence-electron chi connectivity index (χ2n) is 6.46. The van der Waals surface area contributed by atoms with E-state index in [4.69, 9.17) is 4.74 Å². The molecule has 1 unspecified atom stereocenters. The molecule has 0 spiro atoms. The van der Waals surface area contributed by atoms with Gasteiger partial charge in [-0.2, -0.15) is 4.98 Å². The SMILES string of the molecule is Cc1ccc(COc2cc3n(c(=O)n2)CC2CCCCN32)cc1. The number of nitrogens with zero attached hydrogens (tertiary/aromatic N) is 3. The second kappa shape index (κ2) is 5.72. The molecule has 0 bridgehead atoms. The molecule has 3 heterocycles. The number of benzene rings is 1. The van der Waals surface area contributed by atoms with Gasteiger partial charge in [0.15, 0.2) is 0 Å². The van der Waals surface area contributed by atoms with Crippen molar-refractivity contribution in [2.45, 2.75) is 45.4 Å². The predicted octanol–water partition coefficient (Wildman–Crippen LogP) is 2.50. The third kappa shape index (κ3) is 2.71. The van der Waals surface area contributed by atoms with Crippen LogP contribution in [0, 0.1) is 6.92 Å². The fraction of sp³-hybridized carbons (Fsp3) is 0.444. The van der Waals surface area contributed by atoms with Crippen molar-refractivity contribution in [1.82, 2.24) is 9.55 Å². The summed E-state index contributed by atoms with van der Waals surface area (Å²) in [5, 5.41) is 0. The molecule has 2 aliphatic rings. The molecule has 1 aromatic heterocycles. The zero-order valence-electron chi connectivity index (χ0n) is 13.4. The molecule has 0 saturated carbocycles. The van der Waals surface area contributed by atoms with E-state index in [9.17, 15) is 4.79 Å². The summed E-state index contributed by atoms with van der Waals surface area (Å²) in [6.45, 7) is 4.27. The van der Waals surface area contributed by atoms with Crippen LogP contribution in [0.4, 0.5) is 5.82 Å². The van der Waals surface area contributed by atoms with Crippen molar-refractivity contribution in [1.29, 1.82) is 0 Å². The number of piperidine rings is 1. The van der Waals surface area contributed by atoms with Crippen LogP contribution in [0.25, 0.3) is 0 Å². The lowest BCUT2D eigenvalue weighted by Crippen LogP contribution is -2.36. The van der Waals surface area contributed by atoms with Gasteiger partial charge in [0.25, 0.3) is 0 Å². The van der Waals surface area contributed by atoms with Crippen molar-refractivity contribution in [3.05, 3.63) is 51.9 Å². The van der Waals surface area contributed by atoms with E-state index in [1.165, 1.54) is 18.4 Å². The Morgan fingerprint density at radius 2 is 2.09 bits per heavy atom. The molecule has 1 atom stereocenters. The minimum absolute atomic E-state index is 0.198. The van der Waals surface area contributed by atoms with Gasteiger partial charge >= 0.3 is 5.69 Å². The van der Waals surface area contributed by atoms with Crippen LogP contribution in [-0.4, -0.2) is 22.1 Å². The largest absolute Gasteiger partial charge is 0.473 e. The number of fused-ring (bicyclic) bond motifs is 3. The highest BCUT2D eigenvalue weighted by Crippen LogP contribution is 2.32. The number of rotatable bonds is 3. The molecule has 0 amide bonds. The lowest BCUT2D eigenvalue weighted by atomic mass is 10.0. The van der Waals surface area contributed by atoms with E-state index in [2.05, 4.69) is 28.9 Å². The van der Waals surface area contributed by atoms with Gasteiger partial charge in [0.1, 0.15) is 12.4 Å². The van der Waals surface area contributed by atoms with Crippen molar-refractivity contribution in [3.63, 3.8) is 0 Å².